The highest BCUT2D eigenvalue weighted by molar-refractivity contribution is 9.11. The van der Waals surface area contributed by atoms with Crippen molar-refractivity contribution in [2.24, 2.45) is 5.10 Å². The average Bonchev–Trinajstić information content (AvgIpc) is 3.35. The summed E-state index contributed by atoms with van der Waals surface area (Å²) in [4.78, 5) is 14.8. The number of carbonyl (C=O) groups is 1. The van der Waals surface area contributed by atoms with E-state index in [-0.39, 0.29) is 5.91 Å². The summed E-state index contributed by atoms with van der Waals surface area (Å²) in [5, 5.41) is 4.11. The minimum absolute atomic E-state index is 0.240. The maximum Gasteiger partial charge on any atom is 0.271 e. The molecule has 5 nitrogen and oxygen atoms in total. The molecule has 0 aliphatic carbocycles. The van der Waals surface area contributed by atoms with Crippen molar-refractivity contribution in [2.75, 3.05) is 18.0 Å². The number of aryl methyl sites for hydroxylation is 1. The fraction of sp³-hybridized carbons (Fsp3) is 0.231. The summed E-state index contributed by atoms with van der Waals surface area (Å²) in [6.45, 7) is 4.69. The van der Waals surface area contributed by atoms with Gasteiger partial charge >= 0.3 is 0 Å². The molecule has 1 amide bonds. The summed E-state index contributed by atoms with van der Waals surface area (Å²) >= 11 is 7.13. The van der Waals surface area contributed by atoms with Gasteiger partial charge in [-0.15, -0.1) is 0 Å². The second-order valence-corrected chi connectivity index (χ2v) is 9.74. The molecule has 7 heteroatoms. The van der Waals surface area contributed by atoms with Gasteiger partial charge in [-0.2, -0.15) is 5.10 Å². The lowest BCUT2D eigenvalue weighted by Crippen LogP contribution is -2.19. The molecule has 1 aliphatic heterocycles. The van der Waals surface area contributed by atoms with Crippen LogP contribution in [0.2, 0.25) is 0 Å². The Hall–Kier alpha value is -2.64. The monoisotopic (exact) mass is 569 g/mol. The lowest BCUT2D eigenvalue weighted by Gasteiger charge is -2.17. The molecule has 1 saturated heterocycles. The SMILES string of the molecule is Cc1ccc(COc2c(Br)cc(/C=N\NC(=O)c3ccc(N4CCCC4)cc3)cc2Br)cc1. The minimum atomic E-state index is -0.240. The van der Waals surface area contributed by atoms with E-state index in [2.05, 4.69) is 78.5 Å². The first-order chi connectivity index (χ1) is 16.0. The number of carbonyl (C=O) groups excluding carboxylic acids is 1. The van der Waals surface area contributed by atoms with Gasteiger partial charge in [-0.3, -0.25) is 4.79 Å². The number of hydrogen-bond donors (Lipinski definition) is 1. The first-order valence-electron chi connectivity index (χ1n) is 10.9. The molecule has 0 radical (unpaired) electrons. The lowest BCUT2D eigenvalue weighted by atomic mass is 10.2. The van der Waals surface area contributed by atoms with Crippen LogP contribution < -0.4 is 15.1 Å². The zero-order valence-corrected chi connectivity index (χ0v) is 21.5. The van der Waals surface area contributed by atoms with Crippen LogP contribution in [0.5, 0.6) is 5.75 Å². The van der Waals surface area contributed by atoms with Crippen LogP contribution in [0.3, 0.4) is 0 Å². The summed E-state index contributed by atoms with van der Waals surface area (Å²) in [6, 6.07) is 19.7. The molecule has 0 saturated carbocycles. The number of nitrogens with zero attached hydrogens (tertiary/aromatic N) is 2. The molecular weight excluding hydrogens is 546 g/mol. The Labute approximate surface area is 211 Å². The largest absolute Gasteiger partial charge is 0.487 e. The second-order valence-electron chi connectivity index (χ2n) is 8.03. The van der Waals surface area contributed by atoms with Crippen molar-refractivity contribution >= 4 is 49.7 Å². The van der Waals surface area contributed by atoms with Gasteiger partial charge < -0.3 is 9.64 Å². The molecule has 170 valence electrons. The summed E-state index contributed by atoms with van der Waals surface area (Å²) in [7, 11) is 0. The maximum atomic E-state index is 12.4. The van der Waals surface area contributed by atoms with Crippen molar-refractivity contribution in [1.82, 2.24) is 5.43 Å². The molecule has 0 atom stereocenters. The van der Waals surface area contributed by atoms with Gasteiger partial charge in [-0.25, -0.2) is 5.43 Å². The van der Waals surface area contributed by atoms with E-state index in [1.54, 1.807) is 6.21 Å². The van der Waals surface area contributed by atoms with Crippen LogP contribution >= 0.6 is 31.9 Å². The predicted molar refractivity (Wildman–Crippen MR) is 140 cm³/mol. The number of amides is 1. The van der Waals surface area contributed by atoms with Gasteiger partial charge in [0.05, 0.1) is 15.2 Å². The standard InChI is InChI=1S/C26H25Br2N3O2/c1-18-4-6-19(7-5-18)17-33-25-23(27)14-20(15-24(25)28)16-29-30-26(32)21-8-10-22(11-9-21)31-12-2-3-13-31/h4-11,14-16H,2-3,12-13,17H2,1H3,(H,30,32)/b29-16-. The third-order valence-corrected chi connectivity index (χ3v) is 6.68. The number of benzene rings is 3. The molecule has 0 spiro atoms. The normalized spacial score (nSPS) is 13.5. The van der Waals surface area contributed by atoms with E-state index < -0.39 is 0 Å². The summed E-state index contributed by atoms with van der Waals surface area (Å²) in [6.07, 6.45) is 4.06. The van der Waals surface area contributed by atoms with E-state index in [1.807, 2.05) is 36.4 Å². The Morgan fingerprint density at radius 1 is 1.03 bits per heavy atom. The first kappa shape index (κ1) is 23.5. The third-order valence-electron chi connectivity index (χ3n) is 5.50. The van der Waals surface area contributed by atoms with E-state index in [9.17, 15) is 4.79 Å². The highest BCUT2D eigenvalue weighted by Crippen LogP contribution is 2.35. The van der Waals surface area contributed by atoms with E-state index in [0.717, 1.165) is 44.6 Å². The Bertz CT molecular complexity index is 1120. The van der Waals surface area contributed by atoms with Crippen molar-refractivity contribution < 1.29 is 9.53 Å². The van der Waals surface area contributed by atoms with Crippen LogP contribution in [-0.4, -0.2) is 25.2 Å². The molecule has 1 aliphatic rings. The summed E-state index contributed by atoms with van der Waals surface area (Å²) in [5.74, 6) is 0.477. The van der Waals surface area contributed by atoms with Gasteiger partial charge in [-0.1, -0.05) is 29.8 Å². The van der Waals surface area contributed by atoms with Crippen LogP contribution in [0.4, 0.5) is 5.69 Å². The lowest BCUT2D eigenvalue weighted by molar-refractivity contribution is 0.0955. The van der Waals surface area contributed by atoms with Crippen LogP contribution in [0.1, 0.15) is 39.9 Å². The zero-order valence-electron chi connectivity index (χ0n) is 18.4. The smallest absolute Gasteiger partial charge is 0.271 e. The van der Waals surface area contributed by atoms with Crippen molar-refractivity contribution in [1.29, 1.82) is 0 Å². The zero-order chi connectivity index (χ0) is 23.2. The molecule has 3 aromatic carbocycles. The van der Waals surface area contributed by atoms with Gasteiger partial charge in [0, 0.05) is 24.3 Å². The van der Waals surface area contributed by atoms with Gasteiger partial charge in [0.15, 0.2) is 0 Å². The van der Waals surface area contributed by atoms with E-state index in [1.165, 1.54) is 18.4 Å². The van der Waals surface area contributed by atoms with Crippen molar-refractivity contribution in [3.8, 4) is 5.75 Å². The number of halogens is 2. The number of nitrogens with one attached hydrogen (secondary N) is 1. The molecule has 1 N–H and O–H groups in total. The fourth-order valence-electron chi connectivity index (χ4n) is 3.66. The number of hydrazone groups is 1. The number of rotatable bonds is 7. The fourth-order valence-corrected chi connectivity index (χ4v) is 5.11. The van der Waals surface area contributed by atoms with E-state index in [4.69, 9.17) is 4.74 Å². The minimum Gasteiger partial charge on any atom is -0.487 e. The quantitative estimate of drug-likeness (QED) is 0.262. The van der Waals surface area contributed by atoms with Crippen LogP contribution in [0.25, 0.3) is 0 Å². The van der Waals surface area contributed by atoms with Gasteiger partial charge in [0.2, 0.25) is 0 Å². The molecular formula is C26H25Br2N3O2. The Balaban J connectivity index is 1.34. The summed E-state index contributed by atoms with van der Waals surface area (Å²) in [5.41, 5.74) is 7.47. The van der Waals surface area contributed by atoms with Crippen molar-refractivity contribution in [2.45, 2.75) is 26.4 Å². The molecule has 3 aromatic rings. The first-order valence-corrected chi connectivity index (χ1v) is 12.4. The van der Waals surface area contributed by atoms with Crippen LogP contribution in [0.15, 0.2) is 74.7 Å². The van der Waals surface area contributed by atoms with Gasteiger partial charge in [0.25, 0.3) is 5.91 Å². The molecule has 0 bridgehead atoms. The maximum absolute atomic E-state index is 12.4. The third kappa shape index (κ3) is 6.24. The van der Waals surface area contributed by atoms with Crippen LogP contribution in [-0.2, 0) is 6.61 Å². The predicted octanol–water partition coefficient (Wildman–Crippen LogP) is 6.46. The van der Waals surface area contributed by atoms with Crippen molar-refractivity contribution in [3.63, 3.8) is 0 Å². The Morgan fingerprint density at radius 2 is 1.67 bits per heavy atom. The highest BCUT2D eigenvalue weighted by Gasteiger charge is 2.13. The molecule has 0 unspecified atom stereocenters. The van der Waals surface area contributed by atoms with E-state index in [0.29, 0.717) is 12.2 Å². The van der Waals surface area contributed by atoms with E-state index >= 15 is 0 Å². The number of anilines is 1. The van der Waals surface area contributed by atoms with Gasteiger partial charge in [-0.05, 0) is 99.2 Å². The van der Waals surface area contributed by atoms with Gasteiger partial charge in [0.1, 0.15) is 12.4 Å². The van der Waals surface area contributed by atoms with Crippen molar-refractivity contribution in [3.05, 3.63) is 91.9 Å². The number of hydrogen-bond acceptors (Lipinski definition) is 4. The van der Waals surface area contributed by atoms with Crippen LogP contribution in [0, 0.1) is 6.92 Å². The second kappa shape index (κ2) is 11.0. The molecule has 0 aromatic heterocycles. The Kier molecular flexibility index (Phi) is 7.83. The molecule has 1 fully saturated rings. The molecule has 4 rings (SSSR count). The summed E-state index contributed by atoms with van der Waals surface area (Å²) < 4.78 is 7.58. The molecule has 33 heavy (non-hydrogen) atoms. The highest BCUT2D eigenvalue weighted by atomic mass is 79.9. The Morgan fingerprint density at radius 3 is 2.30 bits per heavy atom. The average molecular weight is 571 g/mol. The molecule has 1 heterocycles. The number of ether oxygens (including phenoxy) is 1. The topological polar surface area (TPSA) is 53.9 Å².